The van der Waals surface area contributed by atoms with Crippen molar-refractivity contribution in [2.24, 2.45) is 0 Å². The molecule has 0 saturated carbocycles. The van der Waals surface area contributed by atoms with Crippen molar-refractivity contribution in [3.05, 3.63) is 88.2 Å². The molecule has 9 heteroatoms. The fraction of sp³-hybridized carbons (Fsp3) is 0.150. The van der Waals surface area contributed by atoms with Gasteiger partial charge in [0.05, 0.1) is 11.3 Å². The van der Waals surface area contributed by atoms with Gasteiger partial charge in [-0.2, -0.15) is 5.10 Å². The molecule has 0 aliphatic rings. The maximum atomic E-state index is 12.2. The number of carbonyl (C=O) groups is 2. The Balaban J connectivity index is 1.54. The summed E-state index contributed by atoms with van der Waals surface area (Å²) in [7, 11) is 0. The number of hydrogen-bond donors (Lipinski definition) is 2. The minimum Gasteiger partial charge on any atom is -0.352 e. The molecule has 0 fully saturated rings. The normalized spacial score (nSPS) is 10.3. The van der Waals surface area contributed by atoms with Crippen molar-refractivity contribution in [3.8, 4) is 0 Å². The molecule has 9 nitrogen and oxygen atoms in total. The molecule has 3 aromatic rings. The first-order valence-electron chi connectivity index (χ1n) is 8.86. The minimum atomic E-state index is -0.502. The van der Waals surface area contributed by atoms with Crippen molar-refractivity contribution >= 4 is 23.2 Å². The van der Waals surface area contributed by atoms with Gasteiger partial charge in [-0.05, 0) is 23.8 Å². The number of amides is 2. The standard InChI is InChI=1S/C20H19N5O4/c26-19(12-16-6-1-2-8-18(16)25(28)29)21-13-15-5-3-7-17(11-15)23-20(27)14-24-10-4-9-22-24/h1-11H,12-14H2,(H,21,26)(H,23,27). The summed E-state index contributed by atoms with van der Waals surface area (Å²) in [6.45, 7) is 0.339. The van der Waals surface area contributed by atoms with Crippen LogP contribution in [0, 0.1) is 10.1 Å². The molecule has 2 N–H and O–H groups in total. The van der Waals surface area contributed by atoms with Crippen molar-refractivity contribution in [1.29, 1.82) is 0 Å². The first kappa shape index (κ1) is 19.7. The second kappa shape index (κ2) is 9.27. The second-order valence-corrected chi connectivity index (χ2v) is 6.29. The molecule has 3 rings (SSSR count). The minimum absolute atomic E-state index is 0.0791. The first-order valence-corrected chi connectivity index (χ1v) is 8.86. The van der Waals surface area contributed by atoms with Crippen LogP contribution in [0.2, 0.25) is 0 Å². The van der Waals surface area contributed by atoms with Crippen molar-refractivity contribution < 1.29 is 14.5 Å². The first-order chi connectivity index (χ1) is 14.0. The molecule has 0 bridgehead atoms. The lowest BCUT2D eigenvalue weighted by Gasteiger charge is -2.09. The summed E-state index contributed by atoms with van der Waals surface area (Å²) in [5.41, 5.74) is 1.67. The highest BCUT2D eigenvalue weighted by atomic mass is 16.6. The molecule has 29 heavy (non-hydrogen) atoms. The van der Waals surface area contributed by atoms with Crippen LogP contribution in [0.3, 0.4) is 0 Å². The fourth-order valence-corrected chi connectivity index (χ4v) is 2.78. The number of nitro groups is 1. The van der Waals surface area contributed by atoms with E-state index in [-0.39, 0.29) is 37.0 Å². The molecule has 1 heterocycles. The van der Waals surface area contributed by atoms with Gasteiger partial charge in [0.2, 0.25) is 11.8 Å². The Bertz CT molecular complexity index is 1020. The van der Waals surface area contributed by atoms with Gasteiger partial charge in [0.1, 0.15) is 6.54 Å². The van der Waals surface area contributed by atoms with Gasteiger partial charge in [-0.25, -0.2) is 0 Å². The Morgan fingerprint density at radius 1 is 1.07 bits per heavy atom. The molecule has 0 aliphatic heterocycles. The van der Waals surface area contributed by atoms with Crippen molar-refractivity contribution in [2.75, 3.05) is 5.32 Å². The van der Waals surface area contributed by atoms with Gasteiger partial charge in [0, 0.05) is 36.3 Å². The molecule has 2 amide bonds. The topological polar surface area (TPSA) is 119 Å². The molecule has 0 unspecified atom stereocenters. The third kappa shape index (κ3) is 5.73. The quantitative estimate of drug-likeness (QED) is 0.449. The zero-order valence-electron chi connectivity index (χ0n) is 15.4. The largest absolute Gasteiger partial charge is 0.352 e. The van der Waals surface area contributed by atoms with Gasteiger partial charge in [-0.15, -0.1) is 0 Å². The third-order valence-electron chi connectivity index (χ3n) is 4.10. The molecule has 0 spiro atoms. The predicted molar refractivity (Wildman–Crippen MR) is 106 cm³/mol. The number of nitrogens with zero attached hydrogens (tertiary/aromatic N) is 3. The number of nitrogens with one attached hydrogen (secondary N) is 2. The van der Waals surface area contributed by atoms with Crippen LogP contribution in [0.15, 0.2) is 67.0 Å². The lowest BCUT2D eigenvalue weighted by atomic mass is 10.1. The SMILES string of the molecule is O=C(Cc1ccccc1[N+](=O)[O-])NCc1cccc(NC(=O)Cn2cccn2)c1. The monoisotopic (exact) mass is 393 g/mol. The number of carbonyl (C=O) groups excluding carboxylic acids is 2. The summed E-state index contributed by atoms with van der Waals surface area (Å²) in [6.07, 6.45) is 3.21. The third-order valence-corrected chi connectivity index (χ3v) is 4.10. The van der Waals surface area contributed by atoms with Gasteiger partial charge in [-0.3, -0.25) is 24.4 Å². The van der Waals surface area contributed by atoms with Crippen LogP contribution in [0.4, 0.5) is 11.4 Å². The highest BCUT2D eigenvalue weighted by Gasteiger charge is 2.15. The van der Waals surface area contributed by atoms with E-state index in [1.807, 2.05) is 6.07 Å². The fourth-order valence-electron chi connectivity index (χ4n) is 2.78. The van der Waals surface area contributed by atoms with Gasteiger partial charge in [0.25, 0.3) is 5.69 Å². The molecular formula is C20H19N5O4. The van der Waals surface area contributed by atoms with Crippen molar-refractivity contribution in [1.82, 2.24) is 15.1 Å². The number of anilines is 1. The van der Waals surface area contributed by atoms with Gasteiger partial charge < -0.3 is 10.6 Å². The summed E-state index contributed by atoms with van der Waals surface area (Å²) >= 11 is 0. The average Bonchev–Trinajstić information content (AvgIpc) is 3.20. The molecule has 148 valence electrons. The Labute approximate surface area is 166 Å². The van der Waals surface area contributed by atoms with E-state index in [0.717, 1.165) is 5.56 Å². The number of nitro benzene ring substituents is 1. The van der Waals surface area contributed by atoms with E-state index < -0.39 is 4.92 Å². The van der Waals surface area contributed by atoms with Crippen LogP contribution in [-0.2, 0) is 29.1 Å². The maximum absolute atomic E-state index is 12.2. The molecule has 0 radical (unpaired) electrons. The van der Waals surface area contributed by atoms with Gasteiger partial charge >= 0.3 is 0 Å². The molecule has 0 atom stereocenters. The summed E-state index contributed by atoms with van der Waals surface area (Å²) < 4.78 is 1.52. The smallest absolute Gasteiger partial charge is 0.273 e. The van der Waals surface area contributed by atoms with Crippen LogP contribution in [0.1, 0.15) is 11.1 Å². The van der Waals surface area contributed by atoms with Gasteiger partial charge in [0.15, 0.2) is 0 Å². The van der Waals surface area contributed by atoms with E-state index in [2.05, 4.69) is 15.7 Å². The average molecular weight is 393 g/mol. The van der Waals surface area contributed by atoms with Crippen LogP contribution in [0.25, 0.3) is 0 Å². The van der Waals surface area contributed by atoms with Gasteiger partial charge in [-0.1, -0.05) is 30.3 Å². The van der Waals surface area contributed by atoms with Crippen LogP contribution >= 0.6 is 0 Å². The second-order valence-electron chi connectivity index (χ2n) is 6.29. The van der Waals surface area contributed by atoms with E-state index >= 15 is 0 Å². The molecule has 1 aromatic heterocycles. The molecule has 2 aromatic carbocycles. The summed E-state index contributed by atoms with van der Waals surface area (Å²) in [4.78, 5) is 34.8. The van der Waals surface area contributed by atoms with Crippen LogP contribution in [-0.4, -0.2) is 26.5 Å². The van der Waals surface area contributed by atoms with Crippen molar-refractivity contribution in [2.45, 2.75) is 19.5 Å². The van der Waals surface area contributed by atoms with E-state index in [1.54, 1.807) is 54.9 Å². The predicted octanol–water partition coefficient (Wildman–Crippen LogP) is 2.29. The molecule has 0 aliphatic carbocycles. The van der Waals surface area contributed by atoms with Crippen molar-refractivity contribution in [3.63, 3.8) is 0 Å². The highest BCUT2D eigenvalue weighted by Crippen LogP contribution is 2.18. The van der Waals surface area contributed by atoms with E-state index in [0.29, 0.717) is 11.3 Å². The number of hydrogen-bond acceptors (Lipinski definition) is 5. The molecular weight excluding hydrogens is 374 g/mol. The molecule has 0 saturated heterocycles. The Kier molecular flexibility index (Phi) is 6.31. The van der Waals surface area contributed by atoms with E-state index in [4.69, 9.17) is 0 Å². The number of rotatable bonds is 8. The Hall–Kier alpha value is -4.01. The number of benzene rings is 2. The highest BCUT2D eigenvalue weighted by molar-refractivity contribution is 5.90. The van der Waals surface area contributed by atoms with E-state index in [1.165, 1.54) is 10.7 Å². The number of para-hydroxylation sites is 1. The Morgan fingerprint density at radius 3 is 2.66 bits per heavy atom. The van der Waals surface area contributed by atoms with Crippen LogP contribution in [0.5, 0.6) is 0 Å². The zero-order valence-corrected chi connectivity index (χ0v) is 15.4. The number of aromatic nitrogens is 2. The lowest BCUT2D eigenvalue weighted by Crippen LogP contribution is -2.25. The summed E-state index contributed by atoms with van der Waals surface area (Å²) in [5, 5.41) is 20.5. The summed E-state index contributed by atoms with van der Waals surface area (Å²) in [5.74, 6) is -0.543. The summed E-state index contributed by atoms with van der Waals surface area (Å²) in [6, 6.07) is 15.0. The van der Waals surface area contributed by atoms with Crippen LogP contribution < -0.4 is 10.6 Å². The van der Waals surface area contributed by atoms with E-state index in [9.17, 15) is 19.7 Å². The maximum Gasteiger partial charge on any atom is 0.273 e. The lowest BCUT2D eigenvalue weighted by molar-refractivity contribution is -0.385. The zero-order chi connectivity index (χ0) is 20.6. The Morgan fingerprint density at radius 2 is 1.90 bits per heavy atom.